The Morgan fingerprint density at radius 3 is 2.27 bits per heavy atom. The Bertz CT molecular complexity index is 721. The smallest absolute Gasteiger partial charge is 0.248 e. The van der Waals surface area contributed by atoms with Crippen LogP contribution in [-0.2, 0) is 10.3 Å². The molecule has 0 fully saturated rings. The first kappa shape index (κ1) is 24.7. The van der Waals surface area contributed by atoms with Crippen LogP contribution in [0.15, 0.2) is 53.0 Å². The summed E-state index contributed by atoms with van der Waals surface area (Å²) in [7, 11) is 2.03. The van der Waals surface area contributed by atoms with Crippen molar-refractivity contribution in [3.63, 3.8) is 0 Å². The average Bonchev–Trinajstić information content (AvgIpc) is 2.54. The number of nitrogens with two attached hydrogens (primary N) is 1. The number of rotatable bonds is 5. The molecule has 0 aromatic heterocycles. The molecule has 0 saturated carbocycles. The van der Waals surface area contributed by atoms with Gasteiger partial charge in [-0.2, -0.15) is 0 Å². The third-order valence-electron chi connectivity index (χ3n) is 4.20. The number of halogens is 3. The molecule has 144 valence electrons. The normalized spacial score (nSPS) is 12.4. The number of nitrogens with zero attached hydrogens (tertiary/aromatic N) is 1. The maximum atomic E-state index is 12.7. The van der Waals surface area contributed by atoms with Gasteiger partial charge in [0, 0.05) is 28.9 Å². The fourth-order valence-corrected chi connectivity index (χ4v) is 2.55. The molecule has 0 bridgehead atoms. The van der Waals surface area contributed by atoms with Crippen LogP contribution < -0.4 is 16.0 Å². The Kier molecular flexibility index (Phi) is 9.67. The van der Waals surface area contributed by atoms with E-state index in [1.807, 2.05) is 55.6 Å². The summed E-state index contributed by atoms with van der Waals surface area (Å²) in [5, 5.41) is 2.93. The first-order valence-electron chi connectivity index (χ1n) is 7.91. The third kappa shape index (κ3) is 5.88. The Morgan fingerprint density at radius 1 is 1.15 bits per heavy atom. The second kappa shape index (κ2) is 10.2. The van der Waals surface area contributed by atoms with E-state index in [0.29, 0.717) is 6.04 Å². The fraction of sp³-hybridized carbons (Fsp3) is 0.316. The topological polar surface area (TPSA) is 58.4 Å². The van der Waals surface area contributed by atoms with Crippen LogP contribution in [0.25, 0.3) is 0 Å². The largest absolute Gasteiger partial charge is 0.372 e. The lowest BCUT2D eigenvalue weighted by atomic mass is 9.92. The minimum atomic E-state index is -1.11. The third-order valence-corrected chi connectivity index (χ3v) is 4.73. The van der Waals surface area contributed by atoms with E-state index in [2.05, 4.69) is 40.0 Å². The molecule has 3 N–H and O–H groups in total. The van der Waals surface area contributed by atoms with E-state index in [0.717, 1.165) is 21.4 Å². The number of hydrogen-bond acceptors (Lipinski definition) is 3. The molecular formula is C19H26BrCl2N3O. The van der Waals surface area contributed by atoms with Gasteiger partial charge < -0.3 is 16.0 Å². The predicted octanol–water partition coefficient (Wildman–Crippen LogP) is 4.95. The Hall–Kier alpha value is -1.27. The lowest BCUT2D eigenvalue weighted by Crippen LogP contribution is -2.45. The molecule has 2 rings (SSSR count). The van der Waals surface area contributed by atoms with Crippen LogP contribution >= 0.6 is 40.7 Å². The zero-order valence-corrected chi connectivity index (χ0v) is 18.5. The van der Waals surface area contributed by atoms with Gasteiger partial charge >= 0.3 is 0 Å². The van der Waals surface area contributed by atoms with Gasteiger partial charge in [-0.1, -0.05) is 34.1 Å². The Labute approximate surface area is 176 Å². The molecule has 26 heavy (non-hydrogen) atoms. The molecule has 0 aliphatic rings. The molecule has 1 amide bonds. The molecule has 1 atom stereocenters. The van der Waals surface area contributed by atoms with Crippen molar-refractivity contribution in [2.75, 3.05) is 17.3 Å². The molecule has 4 nitrogen and oxygen atoms in total. The number of nitrogens with one attached hydrogen (secondary N) is 1. The standard InChI is InChI=1S/C19H24BrN3O.2ClH/c1-13(2)23(4)17-7-5-6-16(12-17)22-18(24)19(3,21)14-8-10-15(20)11-9-14;;/h5-13H,21H2,1-4H3,(H,22,24);2*1H. The van der Waals surface area contributed by atoms with Crippen molar-refractivity contribution in [2.24, 2.45) is 5.73 Å². The van der Waals surface area contributed by atoms with Crippen molar-refractivity contribution >= 4 is 58.0 Å². The second-order valence-corrected chi connectivity index (χ2v) is 7.33. The number of benzene rings is 2. The molecule has 0 saturated heterocycles. The second-order valence-electron chi connectivity index (χ2n) is 6.42. The van der Waals surface area contributed by atoms with Gasteiger partial charge in [0.15, 0.2) is 0 Å². The molecular weight excluding hydrogens is 437 g/mol. The highest BCUT2D eigenvalue weighted by Crippen LogP contribution is 2.24. The van der Waals surface area contributed by atoms with E-state index in [1.165, 1.54) is 0 Å². The quantitative estimate of drug-likeness (QED) is 0.660. The van der Waals surface area contributed by atoms with Gasteiger partial charge in [-0.3, -0.25) is 4.79 Å². The molecule has 2 aromatic carbocycles. The summed E-state index contributed by atoms with van der Waals surface area (Å²) in [5.74, 6) is -0.242. The molecule has 0 spiro atoms. The lowest BCUT2D eigenvalue weighted by Gasteiger charge is -2.26. The highest BCUT2D eigenvalue weighted by Gasteiger charge is 2.30. The van der Waals surface area contributed by atoms with Crippen molar-refractivity contribution in [1.82, 2.24) is 0 Å². The summed E-state index contributed by atoms with van der Waals surface area (Å²) in [6.07, 6.45) is 0. The van der Waals surface area contributed by atoms with Crippen LogP contribution in [0.5, 0.6) is 0 Å². The maximum Gasteiger partial charge on any atom is 0.248 e. The van der Waals surface area contributed by atoms with Gasteiger partial charge in [-0.05, 0) is 56.7 Å². The van der Waals surface area contributed by atoms with Gasteiger partial charge in [0.2, 0.25) is 5.91 Å². The van der Waals surface area contributed by atoms with Crippen LogP contribution in [0.2, 0.25) is 0 Å². The van der Waals surface area contributed by atoms with E-state index in [9.17, 15) is 4.79 Å². The molecule has 0 heterocycles. The molecule has 0 aliphatic heterocycles. The van der Waals surface area contributed by atoms with Crippen LogP contribution in [0, 0.1) is 0 Å². The molecule has 1 unspecified atom stereocenters. The SMILES string of the molecule is CC(C)N(C)c1cccc(NC(=O)C(C)(N)c2ccc(Br)cc2)c1.Cl.Cl. The summed E-state index contributed by atoms with van der Waals surface area (Å²) in [6, 6.07) is 15.6. The summed E-state index contributed by atoms with van der Waals surface area (Å²) >= 11 is 3.39. The number of carbonyl (C=O) groups excluding carboxylic acids is 1. The summed E-state index contributed by atoms with van der Waals surface area (Å²) < 4.78 is 0.951. The van der Waals surface area contributed by atoms with Crippen molar-refractivity contribution in [3.05, 3.63) is 58.6 Å². The summed E-state index contributed by atoms with van der Waals surface area (Å²) in [4.78, 5) is 14.8. The molecule has 2 aromatic rings. The minimum Gasteiger partial charge on any atom is -0.372 e. The van der Waals surface area contributed by atoms with E-state index in [1.54, 1.807) is 6.92 Å². The van der Waals surface area contributed by atoms with Gasteiger partial charge in [-0.15, -0.1) is 24.8 Å². The first-order chi connectivity index (χ1) is 11.2. The van der Waals surface area contributed by atoms with Crippen molar-refractivity contribution in [3.8, 4) is 0 Å². The zero-order valence-electron chi connectivity index (χ0n) is 15.3. The summed E-state index contributed by atoms with van der Waals surface area (Å²) in [6.45, 7) is 5.96. The predicted molar refractivity (Wildman–Crippen MR) is 119 cm³/mol. The van der Waals surface area contributed by atoms with Gasteiger partial charge in [-0.25, -0.2) is 0 Å². The first-order valence-corrected chi connectivity index (χ1v) is 8.70. The van der Waals surface area contributed by atoms with E-state index < -0.39 is 5.54 Å². The van der Waals surface area contributed by atoms with Gasteiger partial charge in [0.25, 0.3) is 0 Å². The van der Waals surface area contributed by atoms with Crippen molar-refractivity contribution < 1.29 is 4.79 Å². The number of carbonyl (C=O) groups is 1. The lowest BCUT2D eigenvalue weighted by molar-refractivity contribution is -0.120. The monoisotopic (exact) mass is 461 g/mol. The fourth-order valence-electron chi connectivity index (χ4n) is 2.29. The summed E-state index contributed by atoms with van der Waals surface area (Å²) in [5.41, 5.74) is 7.72. The number of hydrogen-bond donors (Lipinski definition) is 2. The zero-order chi connectivity index (χ0) is 17.9. The highest BCUT2D eigenvalue weighted by molar-refractivity contribution is 9.10. The van der Waals surface area contributed by atoms with E-state index in [4.69, 9.17) is 5.73 Å². The van der Waals surface area contributed by atoms with Crippen molar-refractivity contribution in [2.45, 2.75) is 32.4 Å². The van der Waals surface area contributed by atoms with Crippen LogP contribution in [0.1, 0.15) is 26.3 Å². The molecule has 0 aliphatic carbocycles. The Morgan fingerprint density at radius 2 is 1.73 bits per heavy atom. The molecule has 7 heteroatoms. The maximum absolute atomic E-state index is 12.7. The highest BCUT2D eigenvalue weighted by atomic mass is 79.9. The van der Waals surface area contributed by atoms with E-state index >= 15 is 0 Å². The molecule has 0 radical (unpaired) electrons. The van der Waals surface area contributed by atoms with Crippen LogP contribution in [0.3, 0.4) is 0 Å². The number of amides is 1. The minimum absolute atomic E-state index is 0. The van der Waals surface area contributed by atoms with Gasteiger partial charge in [0.05, 0.1) is 0 Å². The van der Waals surface area contributed by atoms with E-state index in [-0.39, 0.29) is 30.7 Å². The van der Waals surface area contributed by atoms with Crippen molar-refractivity contribution in [1.29, 1.82) is 0 Å². The Balaban J connectivity index is 0.00000312. The average molecular weight is 463 g/mol. The van der Waals surface area contributed by atoms with Gasteiger partial charge in [0.1, 0.15) is 5.54 Å². The van der Waals surface area contributed by atoms with Crippen LogP contribution in [-0.4, -0.2) is 19.0 Å². The number of anilines is 2. The van der Waals surface area contributed by atoms with Crippen LogP contribution in [0.4, 0.5) is 11.4 Å².